The molecule has 2 heteroatoms. The molecule has 2 rings (SSSR count). The predicted octanol–water partition coefficient (Wildman–Crippen LogP) is 3.25. The Hall–Kier alpha value is -0.860. The number of benzene rings is 1. The normalized spacial score (nSPS) is 23.9. The van der Waals surface area contributed by atoms with Crippen LogP contribution in [-0.4, -0.2) is 18.7 Å². The minimum atomic E-state index is 0.0115. The van der Waals surface area contributed by atoms with Gasteiger partial charge in [0, 0.05) is 12.1 Å². The van der Waals surface area contributed by atoms with E-state index >= 15 is 0 Å². The minimum Gasteiger partial charge on any atom is -0.370 e. The minimum absolute atomic E-state index is 0.0115. The molecule has 0 aliphatic carbocycles. The highest BCUT2D eigenvalue weighted by atomic mass is 16.5. The molecule has 1 saturated heterocycles. The van der Waals surface area contributed by atoms with Gasteiger partial charge in [-0.05, 0) is 30.9 Å². The Morgan fingerprint density at radius 2 is 1.88 bits per heavy atom. The van der Waals surface area contributed by atoms with Gasteiger partial charge in [-0.1, -0.05) is 38.1 Å². The van der Waals surface area contributed by atoms with Crippen molar-refractivity contribution in [2.75, 3.05) is 13.2 Å². The summed E-state index contributed by atoms with van der Waals surface area (Å²) < 4.78 is 5.92. The smallest absolute Gasteiger partial charge is 0.100 e. The maximum atomic E-state index is 5.92. The van der Waals surface area contributed by atoms with Crippen LogP contribution in [-0.2, 0) is 4.74 Å². The van der Waals surface area contributed by atoms with E-state index in [9.17, 15) is 0 Å². The summed E-state index contributed by atoms with van der Waals surface area (Å²) in [6.45, 7) is 10.6. The van der Waals surface area contributed by atoms with Gasteiger partial charge in [-0.2, -0.15) is 0 Å². The summed E-state index contributed by atoms with van der Waals surface area (Å²) in [5, 5.41) is 3.52. The first-order valence-electron chi connectivity index (χ1n) is 6.47. The second-order valence-corrected chi connectivity index (χ2v) is 5.72. The lowest BCUT2D eigenvalue weighted by Gasteiger charge is -2.39. The van der Waals surface area contributed by atoms with Crippen LogP contribution in [0.3, 0.4) is 0 Å². The summed E-state index contributed by atoms with van der Waals surface area (Å²) in [5.41, 5.74) is 2.67. The van der Waals surface area contributed by atoms with Crippen LogP contribution < -0.4 is 5.32 Å². The summed E-state index contributed by atoms with van der Waals surface area (Å²) in [4.78, 5) is 0. The highest BCUT2D eigenvalue weighted by Gasteiger charge is 2.33. The van der Waals surface area contributed by atoms with E-state index in [-0.39, 0.29) is 11.6 Å². The molecule has 0 saturated carbocycles. The van der Waals surface area contributed by atoms with Crippen LogP contribution in [0.2, 0.25) is 0 Å². The van der Waals surface area contributed by atoms with Crippen molar-refractivity contribution in [2.45, 2.75) is 45.3 Å². The van der Waals surface area contributed by atoms with Gasteiger partial charge >= 0.3 is 0 Å². The Morgan fingerprint density at radius 1 is 1.24 bits per heavy atom. The lowest BCUT2D eigenvalue weighted by atomic mass is 9.89. The first-order valence-corrected chi connectivity index (χ1v) is 6.47. The topological polar surface area (TPSA) is 21.3 Å². The van der Waals surface area contributed by atoms with Crippen molar-refractivity contribution < 1.29 is 4.74 Å². The summed E-state index contributed by atoms with van der Waals surface area (Å²) in [6, 6.07) is 8.84. The van der Waals surface area contributed by atoms with Crippen LogP contribution in [0.15, 0.2) is 24.3 Å². The molecule has 1 aliphatic rings. The predicted molar refractivity (Wildman–Crippen MR) is 71.3 cm³/mol. The van der Waals surface area contributed by atoms with Crippen LogP contribution in [0, 0.1) is 0 Å². The lowest BCUT2D eigenvalue weighted by molar-refractivity contribution is -0.0388. The van der Waals surface area contributed by atoms with Gasteiger partial charge in [-0.25, -0.2) is 0 Å². The Balaban J connectivity index is 2.21. The summed E-state index contributed by atoms with van der Waals surface area (Å²) >= 11 is 0. The van der Waals surface area contributed by atoms with Crippen LogP contribution in [0.4, 0.5) is 0 Å². The van der Waals surface area contributed by atoms with Crippen LogP contribution in [0.5, 0.6) is 0 Å². The third kappa shape index (κ3) is 2.70. The summed E-state index contributed by atoms with van der Waals surface area (Å²) in [7, 11) is 0. The van der Waals surface area contributed by atoms with Crippen molar-refractivity contribution in [1.29, 1.82) is 0 Å². The van der Waals surface area contributed by atoms with Crippen LogP contribution in [0.25, 0.3) is 0 Å². The number of ether oxygens (including phenoxy) is 1. The standard InChI is InChI=1S/C15H23NO/c1-11(2)12-5-7-13(8-6-12)14-15(3,4)16-9-10-17-14/h5-8,11,14,16H,9-10H2,1-4H3. The maximum Gasteiger partial charge on any atom is 0.100 e. The van der Waals surface area contributed by atoms with Crippen molar-refractivity contribution in [2.24, 2.45) is 0 Å². The quantitative estimate of drug-likeness (QED) is 0.846. The maximum absolute atomic E-state index is 5.92. The second kappa shape index (κ2) is 4.79. The van der Waals surface area contributed by atoms with E-state index in [1.165, 1.54) is 11.1 Å². The summed E-state index contributed by atoms with van der Waals surface area (Å²) in [6.07, 6.45) is 0.150. The molecule has 1 aliphatic heterocycles. The van der Waals surface area contributed by atoms with Crippen LogP contribution in [0.1, 0.15) is 50.8 Å². The molecule has 2 nitrogen and oxygen atoms in total. The molecular weight excluding hydrogens is 210 g/mol. The molecule has 0 bridgehead atoms. The van der Waals surface area contributed by atoms with E-state index in [2.05, 4.69) is 57.3 Å². The summed E-state index contributed by atoms with van der Waals surface area (Å²) in [5.74, 6) is 0.586. The molecule has 0 radical (unpaired) electrons. The molecule has 17 heavy (non-hydrogen) atoms. The third-order valence-corrected chi connectivity index (χ3v) is 3.53. The van der Waals surface area contributed by atoms with E-state index in [4.69, 9.17) is 4.74 Å². The van der Waals surface area contributed by atoms with Crippen molar-refractivity contribution in [3.8, 4) is 0 Å². The Bertz CT molecular complexity index is 367. The molecular formula is C15H23NO. The molecule has 1 aromatic carbocycles. The number of nitrogens with one attached hydrogen (secondary N) is 1. The van der Waals surface area contributed by atoms with Gasteiger partial charge in [-0.3, -0.25) is 0 Å². The monoisotopic (exact) mass is 233 g/mol. The molecule has 94 valence electrons. The zero-order valence-corrected chi connectivity index (χ0v) is 11.3. The van der Waals surface area contributed by atoms with Crippen molar-refractivity contribution in [3.63, 3.8) is 0 Å². The number of hydrogen-bond donors (Lipinski definition) is 1. The fraction of sp³-hybridized carbons (Fsp3) is 0.600. The van der Waals surface area contributed by atoms with Crippen molar-refractivity contribution >= 4 is 0 Å². The SMILES string of the molecule is CC(C)c1ccc(C2OCCNC2(C)C)cc1. The zero-order chi connectivity index (χ0) is 12.5. The zero-order valence-electron chi connectivity index (χ0n) is 11.3. The molecule has 0 aromatic heterocycles. The van der Waals surface area contributed by atoms with Gasteiger partial charge in [0.2, 0.25) is 0 Å². The largest absolute Gasteiger partial charge is 0.370 e. The highest BCUT2D eigenvalue weighted by molar-refractivity contribution is 5.28. The first kappa shape index (κ1) is 12.6. The lowest BCUT2D eigenvalue weighted by Crippen LogP contribution is -2.51. The molecule has 0 spiro atoms. The van der Waals surface area contributed by atoms with E-state index < -0.39 is 0 Å². The molecule has 1 aromatic rings. The van der Waals surface area contributed by atoms with Gasteiger partial charge in [0.05, 0.1) is 6.61 Å². The molecule has 1 atom stereocenters. The third-order valence-electron chi connectivity index (χ3n) is 3.53. The number of rotatable bonds is 2. The molecule has 0 amide bonds. The Morgan fingerprint density at radius 3 is 2.41 bits per heavy atom. The fourth-order valence-electron chi connectivity index (χ4n) is 2.42. The fourth-order valence-corrected chi connectivity index (χ4v) is 2.42. The van der Waals surface area contributed by atoms with Crippen LogP contribution >= 0.6 is 0 Å². The molecule has 1 fully saturated rings. The first-order chi connectivity index (χ1) is 8.00. The van der Waals surface area contributed by atoms with E-state index in [1.54, 1.807) is 0 Å². The van der Waals surface area contributed by atoms with E-state index in [1.807, 2.05) is 0 Å². The van der Waals surface area contributed by atoms with Gasteiger partial charge < -0.3 is 10.1 Å². The van der Waals surface area contributed by atoms with Gasteiger partial charge in [-0.15, -0.1) is 0 Å². The Labute approximate surface area is 104 Å². The van der Waals surface area contributed by atoms with Gasteiger partial charge in [0.15, 0.2) is 0 Å². The highest BCUT2D eigenvalue weighted by Crippen LogP contribution is 2.32. The Kier molecular flexibility index (Phi) is 3.55. The van der Waals surface area contributed by atoms with Gasteiger partial charge in [0.1, 0.15) is 6.10 Å². The van der Waals surface area contributed by atoms with E-state index in [0.29, 0.717) is 5.92 Å². The average Bonchev–Trinajstić information content (AvgIpc) is 2.28. The number of hydrogen-bond acceptors (Lipinski definition) is 2. The van der Waals surface area contributed by atoms with Crippen molar-refractivity contribution in [1.82, 2.24) is 5.32 Å². The molecule has 1 heterocycles. The average molecular weight is 233 g/mol. The van der Waals surface area contributed by atoms with Crippen molar-refractivity contribution in [3.05, 3.63) is 35.4 Å². The molecule has 1 N–H and O–H groups in total. The van der Waals surface area contributed by atoms with Gasteiger partial charge in [0.25, 0.3) is 0 Å². The number of morpholine rings is 1. The van der Waals surface area contributed by atoms with E-state index in [0.717, 1.165) is 13.2 Å². The second-order valence-electron chi connectivity index (χ2n) is 5.72. The molecule has 1 unspecified atom stereocenters.